The maximum Gasteiger partial charge on any atom is 0.313 e. The zero-order valence-electron chi connectivity index (χ0n) is 21.5. The molecular formula is C30H32N2O4S. The van der Waals surface area contributed by atoms with Gasteiger partial charge in [0.1, 0.15) is 11.4 Å². The Morgan fingerprint density at radius 1 is 1.19 bits per heavy atom. The van der Waals surface area contributed by atoms with Gasteiger partial charge in [0.25, 0.3) is 5.91 Å². The summed E-state index contributed by atoms with van der Waals surface area (Å²) in [5, 5.41) is 5.54. The molecule has 2 atom stereocenters. The van der Waals surface area contributed by atoms with Crippen LogP contribution < -0.4 is 5.32 Å². The van der Waals surface area contributed by atoms with Crippen LogP contribution in [0, 0.1) is 5.92 Å². The van der Waals surface area contributed by atoms with Crippen molar-refractivity contribution in [2.45, 2.75) is 31.7 Å². The van der Waals surface area contributed by atoms with Crippen LogP contribution in [0.3, 0.4) is 0 Å². The minimum absolute atomic E-state index is 0.0793. The summed E-state index contributed by atoms with van der Waals surface area (Å²) in [4.78, 5) is 27.9. The molecule has 1 aliphatic rings. The molecule has 0 spiro atoms. The highest BCUT2D eigenvalue weighted by Gasteiger charge is 2.39. The fourth-order valence-corrected chi connectivity index (χ4v) is 6.36. The molecule has 3 heterocycles. The van der Waals surface area contributed by atoms with Crippen LogP contribution in [0.1, 0.15) is 47.0 Å². The van der Waals surface area contributed by atoms with Gasteiger partial charge < -0.3 is 19.4 Å². The molecule has 1 N–H and O–H groups in total. The third-order valence-corrected chi connectivity index (χ3v) is 8.47. The number of carbonyl (C=O) groups excluding carboxylic acids is 2. The summed E-state index contributed by atoms with van der Waals surface area (Å²) in [5.74, 6) is -0.650. The lowest BCUT2D eigenvalue weighted by atomic mass is 9.84. The number of thiophene rings is 1. The molecule has 5 rings (SSSR count). The molecule has 1 fully saturated rings. The molecular weight excluding hydrogens is 484 g/mol. The van der Waals surface area contributed by atoms with Gasteiger partial charge in [-0.1, -0.05) is 69.0 Å². The van der Waals surface area contributed by atoms with Crippen molar-refractivity contribution in [3.63, 3.8) is 0 Å². The van der Waals surface area contributed by atoms with E-state index in [4.69, 9.17) is 9.47 Å². The first-order valence-electron chi connectivity index (χ1n) is 12.6. The lowest BCUT2D eigenvalue weighted by Gasteiger charge is -2.30. The molecule has 7 heteroatoms. The van der Waals surface area contributed by atoms with E-state index in [-0.39, 0.29) is 30.3 Å². The minimum atomic E-state index is -0.621. The molecule has 37 heavy (non-hydrogen) atoms. The molecule has 2 aromatic carbocycles. The van der Waals surface area contributed by atoms with Gasteiger partial charge in [0.15, 0.2) is 0 Å². The number of rotatable bonds is 8. The molecule has 192 valence electrons. The maximum absolute atomic E-state index is 13.5. The minimum Gasteiger partial charge on any atom is -0.461 e. The first-order valence-corrected chi connectivity index (χ1v) is 13.4. The summed E-state index contributed by atoms with van der Waals surface area (Å²) in [6.45, 7) is 8.81. The Morgan fingerprint density at radius 3 is 2.62 bits per heavy atom. The number of hydrogen-bond acceptors (Lipinski definition) is 5. The smallest absolute Gasteiger partial charge is 0.313 e. The number of hydrogen-bond donors (Lipinski definition) is 1. The van der Waals surface area contributed by atoms with Crippen molar-refractivity contribution in [3.05, 3.63) is 83.3 Å². The van der Waals surface area contributed by atoms with E-state index < -0.39 is 5.54 Å². The second-order valence-electron chi connectivity index (χ2n) is 10.0. The normalized spacial score (nSPS) is 18.4. The second kappa shape index (κ2) is 10.1. The Kier molecular flexibility index (Phi) is 6.92. The summed E-state index contributed by atoms with van der Waals surface area (Å²) in [6.07, 6.45) is 2.25. The third kappa shape index (κ3) is 4.58. The monoisotopic (exact) mass is 516 g/mol. The van der Waals surface area contributed by atoms with Crippen LogP contribution in [-0.2, 0) is 26.9 Å². The molecule has 1 amide bonds. The van der Waals surface area contributed by atoms with Crippen LogP contribution in [-0.4, -0.2) is 36.3 Å². The van der Waals surface area contributed by atoms with E-state index in [1.807, 2.05) is 63.4 Å². The number of aromatic nitrogens is 1. The Labute approximate surface area is 220 Å². The molecule has 1 saturated heterocycles. The largest absolute Gasteiger partial charge is 0.461 e. The summed E-state index contributed by atoms with van der Waals surface area (Å²) in [5.41, 5.74) is 2.40. The number of nitrogens with zero attached hydrogens (tertiary/aromatic N) is 1. The predicted molar refractivity (Wildman–Crippen MR) is 148 cm³/mol. The van der Waals surface area contributed by atoms with Crippen LogP contribution in [0.2, 0.25) is 0 Å². The Bertz CT molecular complexity index is 1460. The van der Waals surface area contributed by atoms with Gasteiger partial charge in [-0.05, 0) is 29.2 Å². The van der Waals surface area contributed by atoms with Crippen molar-refractivity contribution in [2.24, 2.45) is 13.0 Å². The average Bonchev–Trinajstić information content (AvgIpc) is 3.61. The summed E-state index contributed by atoms with van der Waals surface area (Å²) < 4.78 is 13.3. The van der Waals surface area contributed by atoms with Crippen molar-refractivity contribution < 1.29 is 19.1 Å². The number of ether oxygens (including phenoxy) is 2. The number of benzene rings is 2. The molecule has 2 unspecified atom stereocenters. The highest BCUT2D eigenvalue weighted by Crippen LogP contribution is 2.37. The van der Waals surface area contributed by atoms with Crippen LogP contribution in [0.15, 0.2) is 67.3 Å². The van der Waals surface area contributed by atoms with Gasteiger partial charge in [0, 0.05) is 36.4 Å². The number of amides is 1. The van der Waals surface area contributed by atoms with Crippen molar-refractivity contribution in [1.82, 2.24) is 9.88 Å². The summed E-state index contributed by atoms with van der Waals surface area (Å²) in [7, 11) is 2.04. The van der Waals surface area contributed by atoms with Gasteiger partial charge in [-0.3, -0.25) is 9.59 Å². The lowest BCUT2D eigenvalue weighted by Crippen LogP contribution is -2.46. The molecule has 4 aromatic rings. The fourth-order valence-electron chi connectivity index (χ4n) is 5.31. The van der Waals surface area contributed by atoms with Crippen LogP contribution in [0.5, 0.6) is 0 Å². The van der Waals surface area contributed by atoms with Crippen LogP contribution in [0.4, 0.5) is 0 Å². The van der Waals surface area contributed by atoms with Crippen molar-refractivity contribution >= 4 is 44.3 Å². The molecule has 0 saturated carbocycles. The van der Waals surface area contributed by atoms with Crippen molar-refractivity contribution in [2.75, 3.05) is 19.8 Å². The standard InChI is InChI=1S/C30H32N2O4S/c1-5-15-36-29(34)26(19(2)3)20-10-12-21(13-11-20)30(14-16-35-18-30)31-27(33)25-17-23-22-8-6-7-9-24(22)32(4)28(23)37-25/h5-13,17,19,26H,1,14-16,18H2,2-4H3,(H,31,33). The number of nitrogens with one attached hydrogen (secondary N) is 1. The van der Waals surface area contributed by atoms with Gasteiger partial charge in [-0.25, -0.2) is 0 Å². The Morgan fingerprint density at radius 2 is 1.95 bits per heavy atom. The van der Waals surface area contributed by atoms with Gasteiger partial charge in [-0.15, -0.1) is 11.3 Å². The third-order valence-electron chi connectivity index (χ3n) is 7.26. The van der Waals surface area contributed by atoms with E-state index in [0.29, 0.717) is 24.5 Å². The first-order chi connectivity index (χ1) is 17.8. The zero-order chi connectivity index (χ0) is 26.2. The van der Waals surface area contributed by atoms with Crippen molar-refractivity contribution in [1.29, 1.82) is 0 Å². The fraction of sp³-hybridized carbons (Fsp3) is 0.333. The Hall–Kier alpha value is -3.42. The van der Waals surface area contributed by atoms with E-state index in [9.17, 15) is 9.59 Å². The molecule has 1 aliphatic heterocycles. The number of fused-ring (bicyclic) bond motifs is 3. The lowest BCUT2D eigenvalue weighted by molar-refractivity contribution is -0.145. The predicted octanol–water partition coefficient (Wildman–Crippen LogP) is 5.91. The zero-order valence-corrected chi connectivity index (χ0v) is 22.3. The highest BCUT2D eigenvalue weighted by molar-refractivity contribution is 7.20. The number of esters is 1. The van der Waals surface area contributed by atoms with Gasteiger partial charge in [-0.2, -0.15) is 0 Å². The second-order valence-corrected chi connectivity index (χ2v) is 11.0. The average molecular weight is 517 g/mol. The van der Waals surface area contributed by atoms with E-state index in [0.717, 1.165) is 32.2 Å². The highest BCUT2D eigenvalue weighted by atomic mass is 32.1. The van der Waals surface area contributed by atoms with Crippen LogP contribution >= 0.6 is 11.3 Å². The van der Waals surface area contributed by atoms with E-state index in [2.05, 4.69) is 28.6 Å². The number of carbonyl (C=O) groups is 2. The van der Waals surface area contributed by atoms with E-state index in [1.165, 1.54) is 11.3 Å². The summed E-state index contributed by atoms with van der Waals surface area (Å²) >= 11 is 1.51. The van der Waals surface area contributed by atoms with Crippen LogP contribution in [0.25, 0.3) is 21.1 Å². The SMILES string of the molecule is C=CCOC(=O)C(c1ccc(C2(NC(=O)c3cc4c5ccccc5n(C)c4s3)CCOC2)cc1)C(C)C. The van der Waals surface area contributed by atoms with Gasteiger partial charge in [0.05, 0.1) is 22.9 Å². The summed E-state index contributed by atoms with van der Waals surface area (Å²) in [6, 6.07) is 18.2. The first kappa shape index (κ1) is 25.2. The quantitative estimate of drug-likeness (QED) is 0.234. The van der Waals surface area contributed by atoms with E-state index >= 15 is 0 Å². The maximum atomic E-state index is 13.5. The molecule has 0 bridgehead atoms. The molecule has 0 radical (unpaired) electrons. The number of para-hydroxylation sites is 1. The molecule has 6 nitrogen and oxygen atoms in total. The van der Waals surface area contributed by atoms with Crippen molar-refractivity contribution in [3.8, 4) is 0 Å². The molecule has 0 aliphatic carbocycles. The molecule has 2 aromatic heterocycles. The Balaban J connectivity index is 1.41. The topological polar surface area (TPSA) is 69.6 Å². The van der Waals surface area contributed by atoms with Gasteiger partial charge in [0.2, 0.25) is 0 Å². The van der Waals surface area contributed by atoms with E-state index in [1.54, 1.807) is 6.08 Å². The van der Waals surface area contributed by atoms with Gasteiger partial charge >= 0.3 is 5.97 Å². The number of aryl methyl sites for hydroxylation is 1.